The quantitative estimate of drug-likeness (QED) is 0.541. The van der Waals surface area contributed by atoms with Gasteiger partial charge in [-0.25, -0.2) is 9.98 Å². The Morgan fingerprint density at radius 1 is 0.786 bits per heavy atom. The van der Waals surface area contributed by atoms with Crippen molar-refractivity contribution in [2.45, 2.75) is 43.6 Å². The molecule has 2 aliphatic carbocycles. The van der Waals surface area contributed by atoms with Crippen molar-refractivity contribution in [1.82, 2.24) is 0 Å². The number of ether oxygens (including phenoxy) is 2. The predicted molar refractivity (Wildman–Crippen MR) is 107 cm³/mol. The van der Waals surface area contributed by atoms with E-state index in [4.69, 9.17) is 38.5 Å². The first-order valence-electron chi connectivity index (χ1n) is 9.21. The van der Waals surface area contributed by atoms with Gasteiger partial charge in [0.25, 0.3) is 0 Å². The Labute approximate surface area is 180 Å². The molecule has 4 atom stereocenters. The largest absolute Gasteiger partial charge is 0.474 e. The minimum Gasteiger partial charge on any atom is -0.474 e. The number of hydrogen-bond acceptors (Lipinski definition) is 4. The molecule has 0 amide bonds. The van der Waals surface area contributed by atoms with Crippen molar-refractivity contribution in [3.8, 4) is 0 Å². The average molecular weight is 508 g/mol. The summed E-state index contributed by atoms with van der Waals surface area (Å²) >= 11 is -0.106. The fourth-order valence-electron chi connectivity index (χ4n) is 4.62. The van der Waals surface area contributed by atoms with Gasteiger partial charge in [-0.2, -0.15) is 0 Å². The van der Waals surface area contributed by atoms with Crippen LogP contribution in [-0.2, 0) is 38.3 Å². The van der Waals surface area contributed by atoms with Crippen LogP contribution in [0.15, 0.2) is 58.5 Å². The summed E-state index contributed by atoms with van der Waals surface area (Å²) in [5, 5.41) is 0. The Hall–Kier alpha value is -1.38. The topological polar surface area (TPSA) is 43.2 Å². The number of halogens is 2. The molecule has 2 heterocycles. The van der Waals surface area contributed by atoms with Crippen molar-refractivity contribution in [3.63, 3.8) is 0 Å². The van der Waals surface area contributed by atoms with Crippen LogP contribution in [0.4, 0.5) is 0 Å². The van der Waals surface area contributed by atoms with Gasteiger partial charge in [0.15, 0.2) is 11.8 Å². The molecule has 2 aliphatic heterocycles. The molecular formula is C21H18Cl2N2O2Pd. The third-order valence-corrected chi connectivity index (χ3v) is 5.74. The molecular weight excluding hydrogens is 490 g/mol. The summed E-state index contributed by atoms with van der Waals surface area (Å²) in [6, 6.07) is 17.3. The third kappa shape index (κ3) is 3.29. The van der Waals surface area contributed by atoms with Gasteiger partial charge in [-0.1, -0.05) is 48.5 Å². The standard InChI is InChI=1S/C21H18N2O2.2ClH.Pd/c1-3-7-14-12(5-1)9-16-20(14)22-18(24-16)11-19-23-21-15-8-4-2-6-13(15)10-17(21)25-19;;;/h1-8,16-17,20-21H,9-11H2;2*1H;/q;;;+2/p-2. The van der Waals surface area contributed by atoms with Crippen molar-refractivity contribution >= 4 is 30.9 Å². The van der Waals surface area contributed by atoms with Gasteiger partial charge in [-0.15, -0.1) is 0 Å². The van der Waals surface area contributed by atoms with Crippen LogP contribution in [0.25, 0.3) is 0 Å². The summed E-state index contributed by atoms with van der Waals surface area (Å²) in [6.07, 6.45) is 2.76. The van der Waals surface area contributed by atoms with Gasteiger partial charge in [0.2, 0.25) is 0 Å². The fraction of sp³-hybridized carbons (Fsp3) is 0.333. The van der Waals surface area contributed by atoms with E-state index in [-0.39, 0.29) is 40.2 Å². The second kappa shape index (κ2) is 7.80. The molecule has 4 aliphatic rings. The maximum atomic E-state index is 6.11. The zero-order valence-corrected chi connectivity index (χ0v) is 17.9. The zero-order chi connectivity index (χ0) is 19.1. The molecule has 2 aromatic rings. The van der Waals surface area contributed by atoms with Crippen molar-refractivity contribution in [1.29, 1.82) is 0 Å². The molecule has 0 saturated heterocycles. The zero-order valence-electron chi connectivity index (χ0n) is 14.8. The third-order valence-electron chi connectivity index (χ3n) is 5.74. The summed E-state index contributed by atoms with van der Waals surface area (Å²) in [6.45, 7) is 0. The first kappa shape index (κ1) is 18.6. The summed E-state index contributed by atoms with van der Waals surface area (Å²) in [5.74, 6) is 1.55. The number of nitrogens with zero attached hydrogens (tertiary/aromatic N) is 2. The van der Waals surface area contributed by atoms with E-state index in [2.05, 4.69) is 48.5 Å². The smallest absolute Gasteiger partial charge is 0.193 e. The van der Waals surface area contributed by atoms with Crippen LogP contribution in [0.2, 0.25) is 0 Å². The molecule has 7 heteroatoms. The molecule has 4 unspecified atom stereocenters. The number of fused-ring (bicyclic) bond motifs is 6. The molecule has 6 rings (SSSR count). The molecule has 4 nitrogen and oxygen atoms in total. The van der Waals surface area contributed by atoms with Crippen LogP contribution >= 0.6 is 19.1 Å². The van der Waals surface area contributed by atoms with E-state index in [0.29, 0.717) is 6.42 Å². The maximum Gasteiger partial charge on any atom is 0.193 e. The molecule has 0 bridgehead atoms. The van der Waals surface area contributed by atoms with Crippen LogP contribution in [0, 0.1) is 0 Å². The molecule has 0 aromatic heterocycles. The van der Waals surface area contributed by atoms with Crippen molar-refractivity contribution in [2.75, 3.05) is 0 Å². The van der Waals surface area contributed by atoms with Crippen LogP contribution in [0.5, 0.6) is 0 Å². The number of aliphatic imine (C=N–C) groups is 2. The molecule has 28 heavy (non-hydrogen) atoms. The first-order chi connectivity index (χ1) is 13.8. The summed E-state index contributed by atoms with van der Waals surface area (Å²) < 4.78 is 12.2. The number of benzene rings is 2. The Bertz CT molecular complexity index is 889. The average Bonchev–Trinajstić information content (AvgIpc) is 3.41. The Balaban J connectivity index is 0.000000538. The molecule has 0 radical (unpaired) electrons. The van der Waals surface area contributed by atoms with Gasteiger partial charge in [-0.05, 0) is 22.3 Å². The van der Waals surface area contributed by atoms with E-state index in [1.165, 1.54) is 22.3 Å². The number of hydrogen-bond donors (Lipinski definition) is 0. The van der Waals surface area contributed by atoms with Crippen LogP contribution in [-0.4, -0.2) is 24.0 Å². The van der Waals surface area contributed by atoms with E-state index >= 15 is 0 Å². The van der Waals surface area contributed by atoms with Crippen molar-refractivity contribution in [3.05, 3.63) is 70.8 Å². The number of rotatable bonds is 2. The maximum absolute atomic E-state index is 6.11. The summed E-state index contributed by atoms with van der Waals surface area (Å²) in [7, 11) is 9.63. The Morgan fingerprint density at radius 2 is 1.21 bits per heavy atom. The van der Waals surface area contributed by atoms with Gasteiger partial charge in [-0.3, -0.25) is 0 Å². The van der Waals surface area contributed by atoms with E-state index < -0.39 is 0 Å². The summed E-state index contributed by atoms with van der Waals surface area (Å²) in [4.78, 5) is 9.65. The minimum atomic E-state index is -0.106. The Morgan fingerprint density at radius 3 is 1.68 bits per heavy atom. The normalized spacial score (nSPS) is 28.1. The van der Waals surface area contributed by atoms with Crippen LogP contribution in [0.3, 0.4) is 0 Å². The van der Waals surface area contributed by atoms with E-state index in [9.17, 15) is 0 Å². The van der Waals surface area contributed by atoms with Gasteiger partial charge in [0, 0.05) is 12.8 Å². The van der Waals surface area contributed by atoms with Crippen molar-refractivity contribution in [2.24, 2.45) is 9.98 Å². The molecule has 2 aromatic carbocycles. The molecule has 0 fully saturated rings. The second-order valence-corrected chi connectivity index (χ2v) is 9.64. The SMILES string of the molecule is [Cl][Pd][Cl].c1ccc2c(c1)CC1OC(CC3=NC4c5ccccc5CC4O3)=NC21. The summed E-state index contributed by atoms with van der Waals surface area (Å²) in [5.41, 5.74) is 5.34. The predicted octanol–water partition coefficient (Wildman–Crippen LogP) is 4.94. The van der Waals surface area contributed by atoms with Crippen LogP contribution < -0.4 is 0 Å². The van der Waals surface area contributed by atoms with Gasteiger partial charge in [0.1, 0.15) is 24.3 Å². The molecule has 0 N–H and O–H groups in total. The van der Waals surface area contributed by atoms with E-state index in [0.717, 1.165) is 24.6 Å². The van der Waals surface area contributed by atoms with E-state index in [1.54, 1.807) is 0 Å². The van der Waals surface area contributed by atoms with Crippen LogP contribution in [0.1, 0.15) is 40.8 Å². The van der Waals surface area contributed by atoms with Gasteiger partial charge >= 0.3 is 35.0 Å². The molecule has 0 saturated carbocycles. The first-order valence-corrected chi connectivity index (χ1v) is 13.2. The fourth-order valence-corrected chi connectivity index (χ4v) is 4.62. The Kier molecular flexibility index (Phi) is 5.19. The van der Waals surface area contributed by atoms with E-state index in [1.807, 2.05) is 0 Å². The van der Waals surface area contributed by atoms with Gasteiger partial charge < -0.3 is 9.47 Å². The minimum absolute atomic E-state index is 0.106. The molecule has 148 valence electrons. The molecule has 0 spiro atoms. The van der Waals surface area contributed by atoms with Crippen molar-refractivity contribution < 1.29 is 25.4 Å². The second-order valence-electron chi connectivity index (χ2n) is 7.28. The monoisotopic (exact) mass is 506 g/mol. The van der Waals surface area contributed by atoms with Gasteiger partial charge in [0.05, 0.1) is 6.42 Å².